The highest BCUT2D eigenvalue weighted by Gasteiger charge is 2.15. The van der Waals surface area contributed by atoms with Crippen LogP contribution in [0.25, 0.3) is 0 Å². The van der Waals surface area contributed by atoms with Crippen molar-refractivity contribution in [3.05, 3.63) is 65.9 Å². The molecule has 1 aromatic heterocycles. The normalized spacial score (nSPS) is 11.0. The highest BCUT2D eigenvalue weighted by atomic mass is 16.5. The summed E-state index contributed by atoms with van der Waals surface area (Å²) in [7, 11) is 0. The molecule has 3 rings (SSSR count). The maximum atomic E-state index is 12.7. The van der Waals surface area contributed by atoms with Crippen molar-refractivity contribution >= 4 is 40.9 Å². The van der Waals surface area contributed by atoms with E-state index in [1.54, 1.807) is 30.3 Å². The van der Waals surface area contributed by atoms with Crippen LogP contribution in [0.5, 0.6) is 5.75 Å². The van der Waals surface area contributed by atoms with Gasteiger partial charge in [-0.15, -0.1) is 0 Å². The summed E-state index contributed by atoms with van der Waals surface area (Å²) in [4.78, 5) is 24.0. The predicted octanol–water partition coefficient (Wildman–Crippen LogP) is 6.02. The van der Waals surface area contributed by atoms with E-state index in [0.29, 0.717) is 16.9 Å². The van der Waals surface area contributed by atoms with Gasteiger partial charge in [0.15, 0.2) is 6.40 Å². The molecule has 8 heteroatoms. The molecule has 1 heterocycles. The van der Waals surface area contributed by atoms with Gasteiger partial charge in [0.1, 0.15) is 11.6 Å². The van der Waals surface area contributed by atoms with Crippen LogP contribution in [-0.4, -0.2) is 41.6 Å². The number of phenols is 1. The SMILES string of the molecule is CCN(CC)c1ccc(Nc2cc(NC(=O)c3ccccc3)c(O)cc2/N=C/OC(C)C)c(C)n1. The summed E-state index contributed by atoms with van der Waals surface area (Å²) in [5.41, 5.74) is 3.37. The highest BCUT2D eigenvalue weighted by molar-refractivity contribution is 6.05. The van der Waals surface area contributed by atoms with Crippen LogP contribution in [0.3, 0.4) is 0 Å². The van der Waals surface area contributed by atoms with E-state index in [9.17, 15) is 9.90 Å². The third-order valence-electron chi connectivity index (χ3n) is 5.35. The summed E-state index contributed by atoms with van der Waals surface area (Å²) in [5, 5.41) is 16.7. The number of aromatic hydroxyl groups is 1. The number of aromatic nitrogens is 1. The van der Waals surface area contributed by atoms with Crippen molar-refractivity contribution in [2.45, 2.75) is 40.7 Å². The maximum absolute atomic E-state index is 12.7. The van der Waals surface area contributed by atoms with Gasteiger partial charge >= 0.3 is 0 Å². The number of benzene rings is 2. The third kappa shape index (κ3) is 6.72. The van der Waals surface area contributed by atoms with Crippen LogP contribution in [0.2, 0.25) is 0 Å². The number of hydrogen-bond donors (Lipinski definition) is 3. The van der Waals surface area contributed by atoms with E-state index in [2.05, 4.69) is 34.4 Å². The average molecular weight is 476 g/mol. The number of rotatable bonds is 10. The van der Waals surface area contributed by atoms with Crippen molar-refractivity contribution in [1.29, 1.82) is 0 Å². The lowest BCUT2D eigenvalue weighted by molar-refractivity contribution is 0.102. The number of pyridine rings is 1. The fraction of sp³-hybridized carbons (Fsp3) is 0.296. The van der Waals surface area contributed by atoms with Crippen molar-refractivity contribution in [1.82, 2.24) is 4.98 Å². The molecule has 8 nitrogen and oxygen atoms in total. The molecule has 2 aromatic carbocycles. The van der Waals surface area contributed by atoms with E-state index < -0.39 is 0 Å². The van der Waals surface area contributed by atoms with Gasteiger partial charge in [-0.25, -0.2) is 9.98 Å². The van der Waals surface area contributed by atoms with Gasteiger partial charge in [0.25, 0.3) is 5.91 Å². The summed E-state index contributed by atoms with van der Waals surface area (Å²) in [6.07, 6.45) is 1.31. The van der Waals surface area contributed by atoms with Gasteiger partial charge in [-0.2, -0.15) is 0 Å². The van der Waals surface area contributed by atoms with E-state index in [1.165, 1.54) is 12.5 Å². The minimum Gasteiger partial charge on any atom is -0.506 e. The summed E-state index contributed by atoms with van der Waals surface area (Å²) in [6.45, 7) is 11.7. The number of amides is 1. The van der Waals surface area contributed by atoms with Gasteiger partial charge in [0.2, 0.25) is 0 Å². The number of nitrogens with one attached hydrogen (secondary N) is 2. The number of hydrogen-bond acceptors (Lipinski definition) is 7. The number of aliphatic imine (C=N–C) groups is 1. The smallest absolute Gasteiger partial charge is 0.255 e. The topological polar surface area (TPSA) is 99.1 Å². The van der Waals surface area contributed by atoms with E-state index in [0.717, 1.165) is 30.3 Å². The van der Waals surface area contributed by atoms with Gasteiger partial charge < -0.3 is 25.4 Å². The van der Waals surface area contributed by atoms with E-state index >= 15 is 0 Å². The first-order valence-electron chi connectivity index (χ1n) is 11.7. The van der Waals surface area contributed by atoms with E-state index in [4.69, 9.17) is 9.72 Å². The number of anilines is 4. The number of ether oxygens (including phenoxy) is 1. The first-order chi connectivity index (χ1) is 16.8. The molecule has 3 N–H and O–H groups in total. The summed E-state index contributed by atoms with van der Waals surface area (Å²) < 4.78 is 5.45. The van der Waals surface area contributed by atoms with Crippen LogP contribution in [0.1, 0.15) is 43.7 Å². The Morgan fingerprint density at radius 3 is 2.43 bits per heavy atom. The monoisotopic (exact) mass is 475 g/mol. The third-order valence-corrected chi connectivity index (χ3v) is 5.35. The zero-order valence-electron chi connectivity index (χ0n) is 20.9. The van der Waals surface area contributed by atoms with Crippen molar-refractivity contribution < 1.29 is 14.6 Å². The fourth-order valence-electron chi connectivity index (χ4n) is 3.43. The first-order valence-corrected chi connectivity index (χ1v) is 11.7. The Balaban J connectivity index is 1.96. The molecule has 0 atom stereocenters. The maximum Gasteiger partial charge on any atom is 0.255 e. The molecule has 0 radical (unpaired) electrons. The molecule has 3 aromatic rings. The molecule has 0 unspecified atom stereocenters. The second kappa shape index (κ2) is 11.9. The molecule has 0 spiro atoms. The Labute approximate surface area is 206 Å². The molecule has 0 aliphatic heterocycles. The van der Waals surface area contributed by atoms with Crippen LogP contribution < -0.4 is 15.5 Å². The molecule has 0 bridgehead atoms. The van der Waals surface area contributed by atoms with Crippen LogP contribution in [-0.2, 0) is 4.74 Å². The molecule has 0 fully saturated rings. The predicted molar refractivity (Wildman–Crippen MR) is 143 cm³/mol. The van der Waals surface area contributed by atoms with Crippen molar-refractivity contribution in [2.75, 3.05) is 28.6 Å². The molecule has 0 aliphatic rings. The Kier molecular flexibility index (Phi) is 8.67. The van der Waals surface area contributed by atoms with Crippen LogP contribution >= 0.6 is 0 Å². The Hall–Kier alpha value is -4.07. The second-order valence-corrected chi connectivity index (χ2v) is 8.23. The largest absolute Gasteiger partial charge is 0.506 e. The standard InChI is InChI=1S/C27H33N5O3/c1-6-32(7-2)26-14-13-21(19(5)29-26)30-23-15-24(31-27(34)20-11-9-8-10-12-20)25(33)16-22(23)28-17-35-18(3)4/h8-18,30,33H,6-7H2,1-5H3,(H,31,34)/b28-17+. The molecule has 0 saturated carbocycles. The highest BCUT2D eigenvalue weighted by Crippen LogP contribution is 2.38. The minimum atomic E-state index is -0.326. The average Bonchev–Trinajstić information content (AvgIpc) is 2.84. The minimum absolute atomic E-state index is 0.0349. The van der Waals surface area contributed by atoms with Gasteiger partial charge in [-0.3, -0.25) is 4.79 Å². The Morgan fingerprint density at radius 1 is 1.09 bits per heavy atom. The molecule has 0 aliphatic carbocycles. The summed E-state index contributed by atoms with van der Waals surface area (Å²) in [5.74, 6) is 0.471. The number of aryl methyl sites for hydroxylation is 1. The van der Waals surface area contributed by atoms with Crippen LogP contribution in [0.4, 0.5) is 28.6 Å². The summed E-state index contributed by atoms with van der Waals surface area (Å²) >= 11 is 0. The lowest BCUT2D eigenvalue weighted by atomic mass is 10.1. The molecule has 0 saturated heterocycles. The Morgan fingerprint density at radius 2 is 1.80 bits per heavy atom. The molecule has 184 valence electrons. The zero-order valence-corrected chi connectivity index (χ0v) is 20.9. The Bertz CT molecular complexity index is 1170. The number of carbonyl (C=O) groups excluding carboxylic acids is 1. The fourth-order valence-corrected chi connectivity index (χ4v) is 3.43. The zero-order chi connectivity index (χ0) is 25.4. The van der Waals surface area contributed by atoms with Gasteiger partial charge in [0, 0.05) is 24.7 Å². The second-order valence-electron chi connectivity index (χ2n) is 8.23. The number of phenolic OH excluding ortho intramolecular Hbond substituents is 1. The van der Waals surface area contributed by atoms with Crippen LogP contribution in [0, 0.1) is 6.92 Å². The van der Waals surface area contributed by atoms with Crippen LogP contribution in [0.15, 0.2) is 59.6 Å². The summed E-state index contributed by atoms with van der Waals surface area (Å²) in [6, 6.07) is 15.9. The van der Waals surface area contributed by atoms with Crippen molar-refractivity contribution in [3.63, 3.8) is 0 Å². The van der Waals surface area contributed by atoms with Crippen molar-refractivity contribution in [2.24, 2.45) is 4.99 Å². The lowest BCUT2D eigenvalue weighted by Crippen LogP contribution is -2.23. The molecular weight excluding hydrogens is 442 g/mol. The molecule has 35 heavy (non-hydrogen) atoms. The van der Waals surface area contributed by atoms with E-state index in [1.807, 2.05) is 39.0 Å². The lowest BCUT2D eigenvalue weighted by Gasteiger charge is -2.21. The van der Waals surface area contributed by atoms with Gasteiger partial charge in [0.05, 0.1) is 34.5 Å². The number of nitrogens with zero attached hydrogens (tertiary/aromatic N) is 3. The van der Waals surface area contributed by atoms with Crippen molar-refractivity contribution in [3.8, 4) is 5.75 Å². The molecule has 1 amide bonds. The quantitative estimate of drug-likeness (QED) is 0.143. The van der Waals surface area contributed by atoms with Gasteiger partial charge in [-0.1, -0.05) is 18.2 Å². The number of carbonyl (C=O) groups is 1. The van der Waals surface area contributed by atoms with E-state index in [-0.39, 0.29) is 23.4 Å². The van der Waals surface area contributed by atoms with Gasteiger partial charge in [-0.05, 0) is 65.0 Å². The molecular formula is C27H33N5O3. The first kappa shape index (κ1) is 25.6.